The Labute approximate surface area is 171 Å². The monoisotopic (exact) mass is 411 g/mol. The molecule has 28 heavy (non-hydrogen) atoms. The Balaban J connectivity index is 2.05. The van der Waals surface area contributed by atoms with E-state index in [1.165, 1.54) is 18.7 Å². The van der Waals surface area contributed by atoms with Crippen molar-refractivity contribution in [3.05, 3.63) is 64.4 Å². The van der Waals surface area contributed by atoms with Crippen LogP contribution in [0.1, 0.15) is 18.7 Å². The fraction of sp³-hybridized carbons (Fsp3) is 0.200. The predicted octanol–water partition coefficient (Wildman–Crippen LogP) is 3.08. The molecule has 8 heteroatoms. The van der Waals surface area contributed by atoms with Gasteiger partial charge in [0.05, 0.1) is 11.3 Å². The van der Waals surface area contributed by atoms with Crippen molar-refractivity contribution in [2.75, 3.05) is 17.4 Å². The van der Waals surface area contributed by atoms with Crippen molar-refractivity contribution in [3.8, 4) is 11.3 Å². The number of carbonyl (C=O) groups is 1. The molecule has 1 N–H and O–H groups in total. The first kappa shape index (κ1) is 18.8. The third kappa shape index (κ3) is 3.02. The Morgan fingerprint density at radius 1 is 1.11 bits per heavy atom. The van der Waals surface area contributed by atoms with Crippen LogP contribution in [-0.2, 0) is 4.79 Å². The number of hydrogen-bond donors (Lipinski definition) is 1. The minimum Gasteiger partial charge on any atom is -0.291 e. The molecule has 1 aliphatic heterocycles. The van der Waals surface area contributed by atoms with Crippen LogP contribution in [0.25, 0.3) is 11.3 Å². The van der Waals surface area contributed by atoms with Gasteiger partial charge in [0.1, 0.15) is 0 Å². The first-order chi connectivity index (χ1) is 13.5. The second-order valence-electron chi connectivity index (χ2n) is 6.31. The molecule has 6 nitrogen and oxygen atoms in total. The zero-order valence-corrected chi connectivity index (χ0v) is 17.3. The maximum absolute atomic E-state index is 12.9. The quantitative estimate of drug-likeness (QED) is 0.530. The van der Waals surface area contributed by atoms with Crippen molar-refractivity contribution in [2.24, 2.45) is 0 Å². The smallest absolute Gasteiger partial charge is 0.291 e. The number of para-hydroxylation sites is 1. The summed E-state index contributed by atoms with van der Waals surface area (Å²) in [5, 5.41) is 5.15. The van der Waals surface area contributed by atoms with Crippen molar-refractivity contribution < 1.29 is 9.48 Å². The van der Waals surface area contributed by atoms with Gasteiger partial charge in [-0.25, -0.2) is 4.90 Å². The fourth-order valence-corrected chi connectivity index (χ4v) is 4.25. The number of rotatable bonds is 3. The summed E-state index contributed by atoms with van der Waals surface area (Å²) in [6.45, 7) is 1.54. The first-order valence-electron chi connectivity index (χ1n) is 8.68. The summed E-state index contributed by atoms with van der Waals surface area (Å²) in [4.78, 5) is 31.3. The number of nitrogens with one attached hydrogen (secondary N) is 1. The van der Waals surface area contributed by atoms with Crippen molar-refractivity contribution >= 4 is 35.1 Å². The Kier molecular flexibility index (Phi) is 4.99. The van der Waals surface area contributed by atoms with Crippen molar-refractivity contribution in [1.82, 2.24) is 10.1 Å². The van der Waals surface area contributed by atoms with E-state index in [1.54, 1.807) is 21.3 Å². The zero-order valence-electron chi connectivity index (χ0n) is 15.7. The number of benzene rings is 2. The number of fused-ring (bicyclic) bond motifs is 3. The average molecular weight is 412 g/mol. The Morgan fingerprint density at radius 2 is 1.82 bits per heavy atom. The number of nitrogens with zero attached hydrogens (tertiary/aromatic N) is 3. The lowest BCUT2D eigenvalue weighted by Crippen LogP contribution is -2.60. The van der Waals surface area contributed by atoms with Crippen LogP contribution in [0.3, 0.4) is 0 Å². The van der Waals surface area contributed by atoms with E-state index in [1.807, 2.05) is 61.0 Å². The predicted molar refractivity (Wildman–Crippen MR) is 112 cm³/mol. The van der Waals surface area contributed by atoms with Gasteiger partial charge in [0.15, 0.2) is 0 Å². The molecule has 142 valence electrons. The lowest BCUT2D eigenvalue weighted by Gasteiger charge is -2.31. The zero-order chi connectivity index (χ0) is 19.8. The number of amides is 1. The largest absolute Gasteiger partial charge is 0.325 e. The molecule has 1 aliphatic rings. The van der Waals surface area contributed by atoms with E-state index in [2.05, 4.69) is 10.1 Å². The van der Waals surface area contributed by atoms with Gasteiger partial charge in [-0.1, -0.05) is 23.9 Å². The lowest BCUT2D eigenvalue weighted by molar-refractivity contribution is -0.763. The highest BCUT2D eigenvalue weighted by Crippen LogP contribution is 2.37. The van der Waals surface area contributed by atoms with Crippen LogP contribution in [0, 0.1) is 0 Å². The lowest BCUT2D eigenvalue weighted by atomic mass is 10.0. The van der Waals surface area contributed by atoms with Crippen LogP contribution in [-0.4, -0.2) is 28.5 Å². The molecule has 0 bridgehead atoms. The summed E-state index contributed by atoms with van der Waals surface area (Å²) < 4.78 is 1.67. The van der Waals surface area contributed by atoms with E-state index in [0.29, 0.717) is 22.1 Å². The molecule has 1 atom stereocenters. The molecule has 1 amide bonds. The number of carbonyl (C=O) groups excluding carboxylic acids is 1. The molecule has 0 saturated carbocycles. The highest BCUT2D eigenvalue weighted by atomic mass is 32.2. The summed E-state index contributed by atoms with van der Waals surface area (Å²) in [6, 6.07) is 15.4. The van der Waals surface area contributed by atoms with Crippen molar-refractivity contribution in [3.63, 3.8) is 0 Å². The molecule has 4 rings (SSSR count). The second-order valence-corrected chi connectivity index (χ2v) is 7.98. The molecular formula is C20H19N4O2S2+. The van der Waals surface area contributed by atoms with Gasteiger partial charge in [0.25, 0.3) is 6.17 Å². The van der Waals surface area contributed by atoms with Gasteiger partial charge in [0, 0.05) is 22.5 Å². The maximum atomic E-state index is 12.9. The molecule has 0 spiro atoms. The summed E-state index contributed by atoms with van der Waals surface area (Å²) in [5.41, 5.74) is 2.51. The van der Waals surface area contributed by atoms with Crippen molar-refractivity contribution in [1.29, 1.82) is 0 Å². The van der Waals surface area contributed by atoms with Crippen LogP contribution in [0.2, 0.25) is 0 Å². The molecule has 0 unspecified atom stereocenters. The molecule has 0 radical (unpaired) electrons. The number of aromatic amines is 1. The minimum atomic E-state index is -0.536. The van der Waals surface area contributed by atoms with E-state index in [-0.39, 0.29) is 11.5 Å². The van der Waals surface area contributed by atoms with E-state index in [9.17, 15) is 9.59 Å². The molecule has 0 aliphatic carbocycles. The highest BCUT2D eigenvalue weighted by Gasteiger charge is 2.44. The standard InChI is InChI=1S/C20H18N4O2S2/c1-12(25)23-16-7-5-4-6-15(16)17-18(26)21-20(28-3)22-24(17)19(23)13-8-10-14(27-2)11-9-13/h4-11,19H,1-3H3/p+1/t19-/m1/s1. The number of thioether (sulfide) groups is 2. The van der Waals surface area contributed by atoms with Crippen LogP contribution in [0.15, 0.2) is 63.4 Å². The van der Waals surface area contributed by atoms with Crippen LogP contribution in [0.4, 0.5) is 5.69 Å². The third-order valence-corrected chi connectivity index (χ3v) is 6.02. The molecule has 0 fully saturated rings. The van der Waals surface area contributed by atoms with Gasteiger partial charge in [-0.05, 0) is 53.6 Å². The summed E-state index contributed by atoms with van der Waals surface area (Å²) >= 11 is 3.01. The van der Waals surface area contributed by atoms with E-state index in [0.717, 1.165) is 10.5 Å². The normalized spacial score (nSPS) is 15.1. The fourth-order valence-electron chi connectivity index (χ4n) is 3.48. The van der Waals surface area contributed by atoms with E-state index in [4.69, 9.17) is 0 Å². The van der Waals surface area contributed by atoms with Gasteiger partial charge in [-0.2, -0.15) is 0 Å². The molecule has 3 aromatic rings. The van der Waals surface area contributed by atoms with Gasteiger partial charge in [-0.3, -0.25) is 14.6 Å². The van der Waals surface area contributed by atoms with Gasteiger partial charge in [0.2, 0.25) is 11.1 Å². The van der Waals surface area contributed by atoms with Crippen LogP contribution < -0.4 is 15.1 Å². The SMILES string of the molecule is CSc1ccc([C@@H]2N(C(C)=O)c3ccccc3-c3c(=O)[nH]c(SC)n[n+]32)cc1. The molecule has 1 aromatic heterocycles. The Hall–Kier alpha value is -2.58. The number of aromatic nitrogens is 3. The summed E-state index contributed by atoms with van der Waals surface area (Å²) in [7, 11) is 0. The van der Waals surface area contributed by atoms with E-state index < -0.39 is 6.17 Å². The van der Waals surface area contributed by atoms with Crippen molar-refractivity contribution in [2.45, 2.75) is 23.1 Å². The molecule has 2 heterocycles. The highest BCUT2D eigenvalue weighted by molar-refractivity contribution is 7.98. The first-order valence-corrected chi connectivity index (χ1v) is 11.1. The minimum absolute atomic E-state index is 0.114. The average Bonchev–Trinajstić information content (AvgIpc) is 2.72. The van der Waals surface area contributed by atoms with Crippen LogP contribution >= 0.6 is 23.5 Å². The summed E-state index contributed by atoms with van der Waals surface area (Å²) in [5.74, 6) is -0.114. The molecular weight excluding hydrogens is 392 g/mol. The number of anilines is 1. The Morgan fingerprint density at radius 3 is 2.46 bits per heavy atom. The third-order valence-electron chi connectivity index (χ3n) is 4.70. The topological polar surface area (TPSA) is 69.9 Å². The van der Waals surface area contributed by atoms with Gasteiger partial charge < -0.3 is 0 Å². The number of hydrogen-bond acceptors (Lipinski definition) is 5. The Bertz CT molecular complexity index is 1110. The van der Waals surface area contributed by atoms with Gasteiger partial charge >= 0.3 is 11.3 Å². The molecule has 2 aromatic carbocycles. The maximum Gasteiger partial charge on any atom is 0.325 e. The summed E-state index contributed by atoms with van der Waals surface area (Å²) in [6.07, 6.45) is 3.34. The number of H-pyrrole nitrogens is 1. The van der Waals surface area contributed by atoms with Gasteiger partial charge in [-0.15, -0.1) is 11.8 Å². The molecule has 0 saturated heterocycles. The van der Waals surface area contributed by atoms with E-state index >= 15 is 0 Å². The van der Waals surface area contributed by atoms with Crippen LogP contribution in [0.5, 0.6) is 0 Å². The second kappa shape index (κ2) is 7.44.